The summed E-state index contributed by atoms with van der Waals surface area (Å²) in [6.07, 6.45) is 4.60. The standard InChI is InChI=1S/C12H22N2O/c1-9(2)7-5-6-8-11-13-14-12(15-11)10(3)4/h9-10H,5-8H2,1-4H3. The lowest BCUT2D eigenvalue weighted by atomic mass is 10.1. The molecule has 1 aromatic heterocycles. The van der Waals surface area contributed by atoms with Gasteiger partial charge >= 0.3 is 0 Å². The molecule has 0 bridgehead atoms. The monoisotopic (exact) mass is 210 g/mol. The van der Waals surface area contributed by atoms with Crippen molar-refractivity contribution in [3.63, 3.8) is 0 Å². The highest BCUT2D eigenvalue weighted by atomic mass is 16.4. The molecule has 0 N–H and O–H groups in total. The van der Waals surface area contributed by atoms with Crippen LogP contribution in [0.15, 0.2) is 4.42 Å². The van der Waals surface area contributed by atoms with Gasteiger partial charge in [0.2, 0.25) is 11.8 Å². The minimum Gasteiger partial charge on any atom is -0.425 e. The lowest BCUT2D eigenvalue weighted by Crippen LogP contribution is -1.90. The minimum absolute atomic E-state index is 0.335. The maximum atomic E-state index is 5.53. The maximum absolute atomic E-state index is 5.53. The summed E-state index contributed by atoms with van der Waals surface area (Å²) in [5.74, 6) is 2.68. The van der Waals surface area contributed by atoms with Crippen LogP contribution in [0.5, 0.6) is 0 Å². The molecule has 0 unspecified atom stereocenters. The molecule has 0 saturated carbocycles. The van der Waals surface area contributed by atoms with E-state index in [-0.39, 0.29) is 0 Å². The Labute approximate surface area is 92.3 Å². The Morgan fingerprint density at radius 3 is 2.33 bits per heavy atom. The predicted octanol–water partition coefficient (Wildman–Crippen LogP) is 3.56. The van der Waals surface area contributed by atoms with Crippen molar-refractivity contribution >= 4 is 0 Å². The van der Waals surface area contributed by atoms with E-state index in [1.54, 1.807) is 0 Å². The van der Waals surface area contributed by atoms with E-state index in [2.05, 4.69) is 37.9 Å². The zero-order valence-corrected chi connectivity index (χ0v) is 10.3. The molecule has 0 aliphatic rings. The van der Waals surface area contributed by atoms with Crippen LogP contribution < -0.4 is 0 Å². The summed E-state index contributed by atoms with van der Waals surface area (Å²) in [5, 5.41) is 8.05. The lowest BCUT2D eigenvalue weighted by molar-refractivity contribution is 0.421. The van der Waals surface area contributed by atoms with Gasteiger partial charge in [-0.3, -0.25) is 0 Å². The molecule has 86 valence electrons. The van der Waals surface area contributed by atoms with E-state index in [0.29, 0.717) is 5.92 Å². The van der Waals surface area contributed by atoms with Gasteiger partial charge < -0.3 is 4.42 Å². The molecule has 0 saturated heterocycles. The quantitative estimate of drug-likeness (QED) is 0.674. The van der Waals surface area contributed by atoms with E-state index >= 15 is 0 Å². The molecule has 15 heavy (non-hydrogen) atoms. The fraction of sp³-hybridized carbons (Fsp3) is 0.833. The van der Waals surface area contributed by atoms with Crippen LogP contribution >= 0.6 is 0 Å². The van der Waals surface area contributed by atoms with Crippen LogP contribution in [0.1, 0.15) is 64.7 Å². The van der Waals surface area contributed by atoms with Gasteiger partial charge in [0.25, 0.3) is 0 Å². The highest BCUT2D eigenvalue weighted by Crippen LogP contribution is 2.14. The van der Waals surface area contributed by atoms with Gasteiger partial charge in [0.05, 0.1) is 0 Å². The van der Waals surface area contributed by atoms with E-state index in [9.17, 15) is 0 Å². The number of hydrogen-bond acceptors (Lipinski definition) is 3. The molecule has 0 radical (unpaired) electrons. The van der Waals surface area contributed by atoms with Crippen LogP contribution in [-0.2, 0) is 6.42 Å². The van der Waals surface area contributed by atoms with Crippen molar-refractivity contribution in [3.05, 3.63) is 11.8 Å². The number of hydrogen-bond donors (Lipinski definition) is 0. The average molecular weight is 210 g/mol. The zero-order valence-electron chi connectivity index (χ0n) is 10.3. The minimum atomic E-state index is 0.335. The fourth-order valence-electron chi connectivity index (χ4n) is 1.43. The van der Waals surface area contributed by atoms with Crippen LogP contribution in [0.3, 0.4) is 0 Å². The van der Waals surface area contributed by atoms with E-state index in [1.165, 1.54) is 12.8 Å². The third-order valence-electron chi connectivity index (χ3n) is 2.40. The topological polar surface area (TPSA) is 38.9 Å². The summed E-state index contributed by atoms with van der Waals surface area (Å²) in [4.78, 5) is 0. The molecule has 1 heterocycles. The van der Waals surface area contributed by atoms with Crippen LogP contribution in [0, 0.1) is 5.92 Å². The first kappa shape index (κ1) is 12.2. The van der Waals surface area contributed by atoms with Gasteiger partial charge in [-0.05, 0) is 12.3 Å². The largest absolute Gasteiger partial charge is 0.425 e. The number of aromatic nitrogens is 2. The molecule has 0 aliphatic heterocycles. The first-order valence-corrected chi connectivity index (χ1v) is 5.92. The number of aryl methyl sites for hydroxylation is 1. The molecule has 0 atom stereocenters. The van der Waals surface area contributed by atoms with Crippen molar-refractivity contribution < 1.29 is 4.42 Å². The van der Waals surface area contributed by atoms with Crippen molar-refractivity contribution in [2.24, 2.45) is 5.92 Å². The van der Waals surface area contributed by atoms with Gasteiger partial charge in [0.1, 0.15) is 0 Å². The fourth-order valence-corrected chi connectivity index (χ4v) is 1.43. The Hall–Kier alpha value is -0.860. The van der Waals surface area contributed by atoms with Gasteiger partial charge in [-0.2, -0.15) is 0 Å². The second-order valence-electron chi connectivity index (χ2n) is 4.83. The maximum Gasteiger partial charge on any atom is 0.219 e. The Balaban J connectivity index is 2.26. The first-order chi connectivity index (χ1) is 7.09. The zero-order chi connectivity index (χ0) is 11.3. The Morgan fingerprint density at radius 2 is 1.80 bits per heavy atom. The molecule has 3 nitrogen and oxygen atoms in total. The average Bonchev–Trinajstić information content (AvgIpc) is 2.60. The molecule has 0 aliphatic carbocycles. The summed E-state index contributed by atoms with van der Waals surface area (Å²) in [6, 6.07) is 0. The van der Waals surface area contributed by atoms with Crippen molar-refractivity contribution in [2.45, 2.75) is 59.3 Å². The smallest absolute Gasteiger partial charge is 0.219 e. The molecule has 1 rings (SSSR count). The van der Waals surface area contributed by atoms with Crippen molar-refractivity contribution in [2.75, 3.05) is 0 Å². The second kappa shape index (κ2) is 5.89. The Kier molecular flexibility index (Phi) is 4.79. The third kappa shape index (κ3) is 4.45. The molecule has 0 fully saturated rings. The van der Waals surface area contributed by atoms with Crippen molar-refractivity contribution in [3.8, 4) is 0 Å². The summed E-state index contributed by atoms with van der Waals surface area (Å²) < 4.78 is 5.53. The number of rotatable bonds is 6. The first-order valence-electron chi connectivity index (χ1n) is 5.92. The SMILES string of the molecule is CC(C)CCCCc1nnc(C(C)C)o1. The summed E-state index contributed by atoms with van der Waals surface area (Å²) in [5.41, 5.74) is 0. The van der Waals surface area contributed by atoms with Crippen LogP contribution in [0.2, 0.25) is 0 Å². The summed E-state index contributed by atoms with van der Waals surface area (Å²) in [6.45, 7) is 8.64. The van der Waals surface area contributed by atoms with E-state index in [4.69, 9.17) is 4.42 Å². The predicted molar refractivity (Wildman–Crippen MR) is 60.8 cm³/mol. The van der Waals surface area contributed by atoms with Crippen molar-refractivity contribution in [1.29, 1.82) is 0 Å². The summed E-state index contributed by atoms with van der Waals surface area (Å²) >= 11 is 0. The molecule has 0 aromatic carbocycles. The van der Waals surface area contributed by atoms with Crippen LogP contribution in [0.25, 0.3) is 0 Å². The van der Waals surface area contributed by atoms with E-state index < -0.39 is 0 Å². The number of nitrogens with zero attached hydrogens (tertiary/aromatic N) is 2. The molecule has 3 heteroatoms. The highest BCUT2D eigenvalue weighted by molar-refractivity contribution is 4.87. The Morgan fingerprint density at radius 1 is 1.07 bits per heavy atom. The van der Waals surface area contributed by atoms with Gasteiger partial charge in [-0.1, -0.05) is 40.5 Å². The second-order valence-corrected chi connectivity index (χ2v) is 4.83. The molecular weight excluding hydrogens is 188 g/mol. The summed E-state index contributed by atoms with van der Waals surface area (Å²) in [7, 11) is 0. The van der Waals surface area contributed by atoms with E-state index in [0.717, 1.165) is 30.5 Å². The van der Waals surface area contributed by atoms with Gasteiger partial charge in [0, 0.05) is 12.3 Å². The van der Waals surface area contributed by atoms with Gasteiger partial charge in [0.15, 0.2) is 0 Å². The van der Waals surface area contributed by atoms with Crippen LogP contribution in [0.4, 0.5) is 0 Å². The van der Waals surface area contributed by atoms with Gasteiger partial charge in [-0.15, -0.1) is 10.2 Å². The molecule has 0 spiro atoms. The number of unbranched alkanes of at least 4 members (excludes halogenated alkanes) is 1. The van der Waals surface area contributed by atoms with Gasteiger partial charge in [-0.25, -0.2) is 0 Å². The van der Waals surface area contributed by atoms with Crippen LogP contribution in [-0.4, -0.2) is 10.2 Å². The molecule has 1 aromatic rings. The van der Waals surface area contributed by atoms with E-state index in [1.807, 2.05) is 0 Å². The molecule has 0 amide bonds. The molecular formula is C12H22N2O. The lowest BCUT2D eigenvalue weighted by Gasteiger charge is -2.01. The third-order valence-corrected chi connectivity index (χ3v) is 2.40. The highest BCUT2D eigenvalue weighted by Gasteiger charge is 2.08. The van der Waals surface area contributed by atoms with Crippen molar-refractivity contribution in [1.82, 2.24) is 10.2 Å². The Bertz CT molecular complexity index is 279. The normalized spacial score (nSPS) is 11.6.